The van der Waals surface area contributed by atoms with Gasteiger partial charge in [-0.2, -0.15) is 10.2 Å². The van der Waals surface area contributed by atoms with Crippen molar-refractivity contribution in [2.75, 3.05) is 6.61 Å². The van der Waals surface area contributed by atoms with Crippen LogP contribution in [0.25, 0.3) is 0 Å². The second kappa shape index (κ2) is 9.12. The summed E-state index contributed by atoms with van der Waals surface area (Å²) in [5, 5.41) is 15.1. The lowest BCUT2D eigenvalue weighted by Crippen LogP contribution is -2.53. The summed E-state index contributed by atoms with van der Waals surface area (Å²) in [5.74, 6) is 0. The minimum atomic E-state index is -1.54. The van der Waals surface area contributed by atoms with E-state index in [4.69, 9.17) is 4.74 Å². The Morgan fingerprint density at radius 3 is 2.03 bits per heavy atom. The molecule has 170 valence electrons. The van der Waals surface area contributed by atoms with Crippen LogP contribution in [0.2, 0.25) is 36.3 Å². The lowest BCUT2D eigenvalue weighted by Gasteiger charge is -2.38. The van der Waals surface area contributed by atoms with Gasteiger partial charge in [-0.1, -0.05) is 67.7 Å². The summed E-state index contributed by atoms with van der Waals surface area (Å²) < 4.78 is 8.06. The molecule has 1 unspecified atom stereocenters. The molecule has 1 N–H and O–H groups in total. The highest BCUT2D eigenvalue weighted by atomic mass is 28.3. The third kappa shape index (κ3) is 5.35. The van der Waals surface area contributed by atoms with Crippen LogP contribution in [0, 0.1) is 0 Å². The fraction of sp³-hybridized carbons (Fsp3) is 0.739. The second-order valence-electron chi connectivity index (χ2n) is 11.7. The van der Waals surface area contributed by atoms with Gasteiger partial charge < -0.3 is 4.74 Å². The van der Waals surface area contributed by atoms with Gasteiger partial charge in [0, 0.05) is 29.6 Å². The van der Waals surface area contributed by atoms with Crippen LogP contribution in [-0.2, 0) is 4.74 Å². The van der Waals surface area contributed by atoms with Gasteiger partial charge in [0.1, 0.15) is 22.4 Å². The van der Waals surface area contributed by atoms with E-state index in [9.17, 15) is 0 Å². The fourth-order valence-corrected chi connectivity index (χ4v) is 7.02. The Morgan fingerprint density at radius 2 is 1.57 bits per heavy atom. The number of aromatic nitrogens is 4. The molecule has 1 aliphatic rings. The molecule has 0 radical (unpaired) electrons. The second-order valence-corrected chi connectivity index (χ2v) is 22.3. The molecule has 7 heteroatoms. The van der Waals surface area contributed by atoms with E-state index in [0.717, 1.165) is 13.0 Å². The van der Waals surface area contributed by atoms with Crippen LogP contribution in [0.1, 0.15) is 67.0 Å². The molecule has 1 saturated heterocycles. The molecule has 30 heavy (non-hydrogen) atoms. The molecular weight excluding hydrogens is 404 g/mol. The monoisotopic (exact) mass is 448 g/mol. The first-order valence-electron chi connectivity index (χ1n) is 11.3. The molecular formula is C23H44N4OSi2. The molecule has 1 aliphatic heterocycles. The number of hydrogen-bond acceptors (Lipinski definition) is 3. The molecule has 0 bridgehead atoms. The highest BCUT2D eigenvalue weighted by Gasteiger charge is 2.40. The summed E-state index contributed by atoms with van der Waals surface area (Å²) in [5.41, 5.74) is 0. The first-order valence-corrected chi connectivity index (χ1v) is 17.3. The van der Waals surface area contributed by atoms with Crippen molar-refractivity contribution < 1.29 is 4.74 Å². The first kappa shape index (κ1) is 25.1. The predicted molar refractivity (Wildman–Crippen MR) is 133 cm³/mol. The predicted octanol–water partition coefficient (Wildman–Crippen LogP) is 5.42. The van der Waals surface area contributed by atoms with Crippen LogP contribution < -0.4 is 10.6 Å². The van der Waals surface area contributed by atoms with Crippen LogP contribution in [0.3, 0.4) is 0 Å². The maximum absolute atomic E-state index is 5.89. The zero-order valence-electron chi connectivity index (χ0n) is 21.0. The van der Waals surface area contributed by atoms with E-state index in [0.29, 0.717) is 10.1 Å². The van der Waals surface area contributed by atoms with Gasteiger partial charge in [-0.25, -0.2) is 4.68 Å². The minimum Gasteiger partial charge on any atom is -0.357 e. The van der Waals surface area contributed by atoms with Crippen molar-refractivity contribution in [2.24, 2.45) is 0 Å². The van der Waals surface area contributed by atoms with E-state index in [2.05, 4.69) is 99.8 Å². The van der Waals surface area contributed by atoms with Crippen LogP contribution in [0.15, 0.2) is 24.5 Å². The van der Waals surface area contributed by atoms with E-state index < -0.39 is 16.1 Å². The normalized spacial score (nSPS) is 18.7. The summed E-state index contributed by atoms with van der Waals surface area (Å²) in [6.45, 7) is 24.4. The molecule has 3 rings (SSSR count). The van der Waals surface area contributed by atoms with Crippen LogP contribution in [-0.4, -0.2) is 42.7 Å². The standard InChI is InChI=1S/C14H26N2OSi.C9H18N2Si/c1-14(2,3)18(4,5)13-9-10-15-16(13)12-8-6-7-11-17-12;1-9(2,3)12(4,5)8-6-7-10-11-8/h9-10,12H,6-8,11H2,1-5H3;6-7H,1-5H3,(H,10,11). The Balaban J connectivity index is 0.000000232. The number of H-pyrrole nitrogens is 1. The highest BCUT2D eigenvalue weighted by Crippen LogP contribution is 2.36. The molecule has 3 heterocycles. The van der Waals surface area contributed by atoms with Gasteiger partial charge in [-0.15, -0.1) is 0 Å². The van der Waals surface area contributed by atoms with Crippen molar-refractivity contribution in [3.05, 3.63) is 24.5 Å². The topological polar surface area (TPSA) is 55.7 Å². The van der Waals surface area contributed by atoms with Crippen molar-refractivity contribution in [1.82, 2.24) is 20.0 Å². The highest BCUT2D eigenvalue weighted by molar-refractivity contribution is 6.92. The van der Waals surface area contributed by atoms with Crippen LogP contribution in [0.4, 0.5) is 0 Å². The summed E-state index contributed by atoms with van der Waals surface area (Å²) in [6.07, 6.45) is 7.49. The number of ether oxygens (including phenoxy) is 1. The van der Waals surface area contributed by atoms with Crippen molar-refractivity contribution in [1.29, 1.82) is 0 Å². The van der Waals surface area contributed by atoms with Gasteiger partial charge in [0.05, 0.1) is 0 Å². The molecule has 0 aromatic carbocycles. The van der Waals surface area contributed by atoms with Gasteiger partial charge in [0.15, 0.2) is 0 Å². The average molecular weight is 449 g/mol. The van der Waals surface area contributed by atoms with E-state index in [1.807, 2.05) is 12.4 Å². The number of rotatable bonds is 3. The third-order valence-corrected chi connectivity index (χ3v) is 18.5. The maximum Gasteiger partial charge on any atom is 0.149 e. The Kier molecular flexibility index (Phi) is 7.63. The molecule has 0 amide bonds. The van der Waals surface area contributed by atoms with Crippen molar-refractivity contribution >= 4 is 26.8 Å². The smallest absolute Gasteiger partial charge is 0.149 e. The molecule has 1 atom stereocenters. The summed E-state index contributed by atoms with van der Waals surface area (Å²) in [7, 11) is -2.88. The van der Waals surface area contributed by atoms with Crippen molar-refractivity contribution in [2.45, 2.75) is 103 Å². The molecule has 1 fully saturated rings. The third-order valence-electron chi connectivity index (χ3n) is 7.66. The summed E-state index contributed by atoms with van der Waals surface area (Å²) >= 11 is 0. The van der Waals surface area contributed by atoms with Crippen molar-refractivity contribution in [3.63, 3.8) is 0 Å². The van der Waals surface area contributed by atoms with Crippen LogP contribution in [0.5, 0.6) is 0 Å². The summed E-state index contributed by atoms with van der Waals surface area (Å²) in [4.78, 5) is 0. The molecule has 0 saturated carbocycles. The number of aromatic amines is 1. The van der Waals surface area contributed by atoms with Gasteiger partial charge in [0.25, 0.3) is 0 Å². The largest absolute Gasteiger partial charge is 0.357 e. The number of nitrogens with one attached hydrogen (secondary N) is 1. The van der Waals surface area contributed by atoms with E-state index in [-0.39, 0.29) is 6.23 Å². The van der Waals surface area contributed by atoms with E-state index in [1.54, 1.807) is 0 Å². The quantitative estimate of drug-likeness (QED) is 0.638. The fourth-order valence-electron chi connectivity index (χ4n) is 3.35. The van der Waals surface area contributed by atoms with Crippen LogP contribution >= 0.6 is 0 Å². The van der Waals surface area contributed by atoms with E-state index >= 15 is 0 Å². The Labute approximate surface area is 186 Å². The Morgan fingerprint density at radius 1 is 0.933 bits per heavy atom. The zero-order valence-corrected chi connectivity index (χ0v) is 23.0. The first-order chi connectivity index (χ1) is 13.7. The minimum absolute atomic E-state index is 0.165. The molecule has 2 aromatic heterocycles. The summed E-state index contributed by atoms with van der Waals surface area (Å²) in [6, 6.07) is 4.31. The van der Waals surface area contributed by atoms with E-state index in [1.165, 1.54) is 23.5 Å². The number of hydrogen-bond donors (Lipinski definition) is 1. The number of nitrogens with zero attached hydrogens (tertiary/aromatic N) is 3. The zero-order chi connectivity index (χ0) is 22.8. The molecule has 2 aromatic rings. The van der Waals surface area contributed by atoms with Gasteiger partial charge >= 0.3 is 0 Å². The van der Waals surface area contributed by atoms with Gasteiger partial charge in [-0.3, -0.25) is 5.10 Å². The molecule has 0 spiro atoms. The molecule has 5 nitrogen and oxygen atoms in total. The Hall–Kier alpha value is -1.19. The van der Waals surface area contributed by atoms with Crippen molar-refractivity contribution in [3.8, 4) is 0 Å². The molecule has 0 aliphatic carbocycles. The Bertz CT molecular complexity index is 777. The maximum atomic E-state index is 5.89. The SMILES string of the molecule is CC(C)(C)[Si](C)(C)c1ccn[nH]1.CC(C)(C)[Si](C)(C)c1ccnn1C1CCCCO1. The van der Waals surface area contributed by atoms with Gasteiger partial charge in [0.2, 0.25) is 0 Å². The average Bonchev–Trinajstić information content (AvgIpc) is 3.33. The van der Waals surface area contributed by atoms with Gasteiger partial charge in [-0.05, 0) is 41.5 Å². The lowest BCUT2D eigenvalue weighted by atomic mass is 10.2. The lowest BCUT2D eigenvalue weighted by molar-refractivity contribution is -0.0376.